The van der Waals surface area contributed by atoms with Gasteiger partial charge < -0.3 is 9.64 Å². The maximum Gasteiger partial charge on any atom is 0.310 e. The molecule has 22 heavy (non-hydrogen) atoms. The van der Waals surface area contributed by atoms with Crippen LogP contribution in [0.5, 0.6) is 0 Å². The van der Waals surface area contributed by atoms with Crippen LogP contribution < -0.4 is 0 Å². The van der Waals surface area contributed by atoms with E-state index in [-0.39, 0.29) is 24.4 Å². The molecule has 3 rings (SSSR count). The lowest BCUT2D eigenvalue weighted by Crippen LogP contribution is -2.32. The van der Waals surface area contributed by atoms with Crippen molar-refractivity contribution in [3.8, 4) is 0 Å². The standard InChI is InChI=1S/C18H21NO3/c1-19(11-13-5-3-2-4-6-13)17(20)12-22-18(21)16-10-14-7-8-15(16)9-14/h2-8,14-16H,9-12H2,1H3/t14-,15-,16+/m0/s1. The van der Waals surface area contributed by atoms with Crippen LogP contribution in [0.1, 0.15) is 18.4 Å². The smallest absolute Gasteiger partial charge is 0.310 e. The zero-order valence-electron chi connectivity index (χ0n) is 12.8. The van der Waals surface area contributed by atoms with Crippen LogP contribution in [0.4, 0.5) is 0 Å². The zero-order valence-corrected chi connectivity index (χ0v) is 12.8. The molecular formula is C18H21NO3. The highest BCUT2D eigenvalue weighted by Gasteiger charge is 2.40. The number of benzene rings is 1. The van der Waals surface area contributed by atoms with Crippen molar-refractivity contribution in [1.82, 2.24) is 4.90 Å². The molecule has 1 aromatic carbocycles. The minimum Gasteiger partial charge on any atom is -0.455 e. The first-order chi connectivity index (χ1) is 10.6. The third kappa shape index (κ3) is 3.21. The number of esters is 1. The Kier molecular flexibility index (Phi) is 4.27. The highest BCUT2D eigenvalue weighted by molar-refractivity contribution is 5.81. The fourth-order valence-electron chi connectivity index (χ4n) is 3.35. The van der Waals surface area contributed by atoms with Gasteiger partial charge in [-0.1, -0.05) is 42.5 Å². The Labute approximate surface area is 130 Å². The SMILES string of the molecule is CN(Cc1ccccc1)C(=O)COC(=O)[C@@H]1C[C@H]2C=C[C@H]1C2. The third-order valence-electron chi connectivity index (χ3n) is 4.61. The number of hydrogen-bond donors (Lipinski definition) is 0. The van der Waals surface area contributed by atoms with Crippen molar-refractivity contribution in [2.75, 3.05) is 13.7 Å². The number of carbonyl (C=O) groups is 2. The first kappa shape index (κ1) is 14.8. The van der Waals surface area contributed by atoms with E-state index in [9.17, 15) is 9.59 Å². The van der Waals surface area contributed by atoms with Gasteiger partial charge >= 0.3 is 5.97 Å². The Balaban J connectivity index is 1.45. The molecule has 2 aliphatic carbocycles. The van der Waals surface area contributed by atoms with Crippen molar-refractivity contribution in [2.24, 2.45) is 17.8 Å². The number of fused-ring (bicyclic) bond motifs is 2. The highest BCUT2D eigenvalue weighted by atomic mass is 16.5. The molecule has 1 fully saturated rings. The fourth-order valence-corrected chi connectivity index (χ4v) is 3.35. The van der Waals surface area contributed by atoms with Crippen molar-refractivity contribution >= 4 is 11.9 Å². The van der Waals surface area contributed by atoms with Gasteiger partial charge in [0.25, 0.3) is 5.91 Å². The van der Waals surface area contributed by atoms with Crippen LogP contribution in [0.15, 0.2) is 42.5 Å². The summed E-state index contributed by atoms with van der Waals surface area (Å²) < 4.78 is 5.24. The summed E-state index contributed by atoms with van der Waals surface area (Å²) in [6, 6.07) is 9.76. The molecule has 0 aromatic heterocycles. The van der Waals surface area contributed by atoms with E-state index in [2.05, 4.69) is 12.2 Å². The van der Waals surface area contributed by atoms with Gasteiger partial charge in [-0.15, -0.1) is 0 Å². The van der Waals surface area contributed by atoms with Crippen molar-refractivity contribution in [2.45, 2.75) is 19.4 Å². The Hall–Kier alpha value is -2.10. The summed E-state index contributed by atoms with van der Waals surface area (Å²) in [6.07, 6.45) is 6.23. The minimum absolute atomic E-state index is 0.0535. The fraction of sp³-hybridized carbons (Fsp3) is 0.444. The topological polar surface area (TPSA) is 46.6 Å². The summed E-state index contributed by atoms with van der Waals surface area (Å²) in [7, 11) is 1.73. The third-order valence-corrected chi connectivity index (χ3v) is 4.61. The van der Waals surface area contributed by atoms with Gasteiger partial charge in [0, 0.05) is 13.6 Å². The molecule has 0 aliphatic heterocycles. The lowest BCUT2D eigenvalue weighted by atomic mass is 9.94. The van der Waals surface area contributed by atoms with Crippen LogP contribution in [0, 0.1) is 17.8 Å². The van der Waals surface area contributed by atoms with Crippen molar-refractivity contribution in [1.29, 1.82) is 0 Å². The molecule has 1 amide bonds. The summed E-state index contributed by atoms with van der Waals surface area (Å²) in [6.45, 7) is 0.355. The zero-order chi connectivity index (χ0) is 15.5. The Morgan fingerprint density at radius 1 is 1.18 bits per heavy atom. The van der Waals surface area contributed by atoms with E-state index in [0.29, 0.717) is 18.4 Å². The van der Waals surface area contributed by atoms with Crippen LogP contribution >= 0.6 is 0 Å². The largest absolute Gasteiger partial charge is 0.455 e. The van der Waals surface area contributed by atoms with Gasteiger partial charge in [0.15, 0.2) is 6.61 Å². The quantitative estimate of drug-likeness (QED) is 0.619. The average molecular weight is 299 g/mol. The monoisotopic (exact) mass is 299 g/mol. The Morgan fingerprint density at radius 2 is 1.95 bits per heavy atom. The number of nitrogens with zero attached hydrogens (tertiary/aromatic N) is 1. The number of hydrogen-bond acceptors (Lipinski definition) is 3. The van der Waals surface area contributed by atoms with E-state index in [4.69, 9.17) is 4.74 Å². The Morgan fingerprint density at radius 3 is 2.59 bits per heavy atom. The van der Waals surface area contributed by atoms with Gasteiger partial charge in [-0.05, 0) is 30.2 Å². The Bertz CT molecular complexity index is 581. The van der Waals surface area contributed by atoms with Crippen molar-refractivity contribution in [3.63, 3.8) is 0 Å². The number of ether oxygens (including phenoxy) is 1. The lowest BCUT2D eigenvalue weighted by molar-refractivity contribution is -0.156. The maximum absolute atomic E-state index is 12.1. The van der Waals surface area contributed by atoms with Gasteiger partial charge in [-0.3, -0.25) is 9.59 Å². The van der Waals surface area contributed by atoms with Gasteiger partial charge in [-0.25, -0.2) is 0 Å². The van der Waals surface area contributed by atoms with Gasteiger partial charge in [-0.2, -0.15) is 0 Å². The minimum atomic E-state index is -0.224. The second kappa shape index (κ2) is 6.34. The van der Waals surface area contributed by atoms with Crippen LogP contribution in [0.2, 0.25) is 0 Å². The lowest BCUT2D eigenvalue weighted by Gasteiger charge is -2.19. The average Bonchev–Trinajstić information content (AvgIpc) is 3.16. The molecule has 0 heterocycles. The maximum atomic E-state index is 12.1. The van der Waals surface area contributed by atoms with Crippen LogP contribution in [-0.4, -0.2) is 30.4 Å². The normalized spacial score (nSPS) is 25.2. The van der Waals surface area contributed by atoms with E-state index < -0.39 is 0 Å². The number of rotatable bonds is 5. The number of allylic oxidation sites excluding steroid dienone is 2. The molecule has 0 spiro atoms. The first-order valence-electron chi connectivity index (χ1n) is 7.76. The molecular weight excluding hydrogens is 278 g/mol. The summed E-state index contributed by atoms with van der Waals surface area (Å²) in [4.78, 5) is 25.7. The van der Waals surface area contributed by atoms with E-state index >= 15 is 0 Å². The van der Waals surface area contributed by atoms with E-state index in [1.54, 1.807) is 11.9 Å². The van der Waals surface area contributed by atoms with Crippen LogP contribution in [0.25, 0.3) is 0 Å². The molecule has 4 heteroatoms. The van der Waals surface area contributed by atoms with E-state index in [0.717, 1.165) is 18.4 Å². The van der Waals surface area contributed by atoms with Gasteiger partial charge in [0.2, 0.25) is 0 Å². The number of amides is 1. The van der Waals surface area contributed by atoms with E-state index in [1.807, 2.05) is 30.3 Å². The van der Waals surface area contributed by atoms with Crippen molar-refractivity contribution in [3.05, 3.63) is 48.0 Å². The summed E-state index contributed by atoms with van der Waals surface area (Å²) in [5.74, 6) is 0.394. The molecule has 0 unspecified atom stereocenters. The molecule has 0 radical (unpaired) electrons. The molecule has 1 saturated carbocycles. The van der Waals surface area contributed by atoms with Crippen LogP contribution in [0.3, 0.4) is 0 Å². The second-order valence-corrected chi connectivity index (χ2v) is 6.23. The van der Waals surface area contributed by atoms with Gasteiger partial charge in [0.1, 0.15) is 0 Å². The van der Waals surface area contributed by atoms with Gasteiger partial charge in [0.05, 0.1) is 5.92 Å². The summed E-state index contributed by atoms with van der Waals surface area (Å²) >= 11 is 0. The van der Waals surface area contributed by atoms with E-state index in [1.165, 1.54) is 0 Å². The highest BCUT2D eigenvalue weighted by Crippen LogP contribution is 2.43. The first-order valence-corrected chi connectivity index (χ1v) is 7.76. The van der Waals surface area contributed by atoms with Crippen molar-refractivity contribution < 1.29 is 14.3 Å². The molecule has 4 nitrogen and oxygen atoms in total. The molecule has 2 bridgehead atoms. The number of carbonyl (C=O) groups excluding carboxylic acids is 2. The molecule has 2 aliphatic rings. The second-order valence-electron chi connectivity index (χ2n) is 6.23. The van der Waals surface area contributed by atoms with Crippen LogP contribution in [-0.2, 0) is 20.9 Å². The predicted molar refractivity (Wildman–Crippen MR) is 82.7 cm³/mol. The predicted octanol–water partition coefficient (Wildman–Crippen LogP) is 2.40. The summed E-state index contributed by atoms with van der Waals surface area (Å²) in [5, 5.41) is 0. The number of likely N-dealkylation sites (N-methyl/N-ethyl adjacent to an activating group) is 1. The molecule has 3 atom stereocenters. The molecule has 0 saturated heterocycles. The molecule has 116 valence electrons. The molecule has 0 N–H and O–H groups in total. The molecule has 1 aromatic rings. The summed E-state index contributed by atoms with van der Waals surface area (Å²) in [5.41, 5.74) is 1.06.